The van der Waals surface area contributed by atoms with Gasteiger partial charge in [0.15, 0.2) is 5.69 Å². The summed E-state index contributed by atoms with van der Waals surface area (Å²) in [6.07, 6.45) is -1.21. The summed E-state index contributed by atoms with van der Waals surface area (Å²) in [7, 11) is 3.10. The molecule has 20 heavy (non-hydrogen) atoms. The summed E-state index contributed by atoms with van der Waals surface area (Å²) >= 11 is 0. The monoisotopic (exact) mass is 278 g/mol. The summed E-state index contributed by atoms with van der Waals surface area (Å²) in [6.45, 7) is 1.42. The fourth-order valence-electron chi connectivity index (χ4n) is 2.13. The van der Waals surface area contributed by atoms with Gasteiger partial charge in [0.25, 0.3) is 0 Å². The summed E-state index contributed by atoms with van der Waals surface area (Å²) in [5, 5.41) is 12.9. The van der Waals surface area contributed by atoms with Gasteiger partial charge in [0.2, 0.25) is 0 Å². The summed E-state index contributed by atoms with van der Waals surface area (Å²) in [6, 6.07) is 6.46. The van der Waals surface area contributed by atoms with Crippen molar-refractivity contribution >= 4 is 5.97 Å². The molecular weight excluding hydrogens is 263 g/mol. The Balaban J connectivity index is 2.70. The van der Waals surface area contributed by atoms with Gasteiger partial charge in [-0.1, -0.05) is 12.1 Å². The first-order valence-corrected chi connectivity index (χ1v) is 6.04. The zero-order valence-corrected chi connectivity index (χ0v) is 11.4. The van der Waals surface area contributed by atoms with E-state index in [0.717, 1.165) is 0 Å². The topological polar surface area (TPSA) is 64.3 Å². The minimum atomic E-state index is -1.21. The summed E-state index contributed by atoms with van der Waals surface area (Å²) in [5.41, 5.74) is 1.36. The molecule has 1 N–H and O–H groups in total. The zero-order chi connectivity index (χ0) is 14.9. The number of ether oxygens (including phenoxy) is 1. The molecule has 1 unspecified atom stereocenters. The van der Waals surface area contributed by atoms with Gasteiger partial charge in [-0.3, -0.25) is 4.68 Å². The lowest BCUT2D eigenvalue weighted by atomic mass is 10.00. The molecule has 0 radical (unpaired) electrons. The molecule has 0 aliphatic carbocycles. The molecule has 0 amide bonds. The molecule has 0 saturated heterocycles. The van der Waals surface area contributed by atoms with E-state index >= 15 is 0 Å². The van der Waals surface area contributed by atoms with Gasteiger partial charge in [-0.05, 0) is 24.6 Å². The van der Waals surface area contributed by atoms with Crippen molar-refractivity contribution < 1.29 is 19.0 Å². The number of methoxy groups -OCH3 is 1. The molecule has 1 aromatic heterocycles. The van der Waals surface area contributed by atoms with E-state index in [1.807, 2.05) is 0 Å². The number of carbonyl (C=O) groups is 1. The van der Waals surface area contributed by atoms with Gasteiger partial charge in [0.1, 0.15) is 11.9 Å². The van der Waals surface area contributed by atoms with E-state index in [4.69, 9.17) is 9.84 Å². The minimum absolute atomic E-state index is 0.0918. The maximum atomic E-state index is 13.8. The Morgan fingerprint density at radius 2 is 2.20 bits per heavy atom. The molecule has 2 rings (SSSR count). The lowest BCUT2D eigenvalue weighted by molar-refractivity contribution is 0.0689. The maximum Gasteiger partial charge on any atom is 0.356 e. The molecule has 0 bridgehead atoms. The van der Waals surface area contributed by atoms with E-state index in [9.17, 15) is 9.18 Å². The number of hydrogen-bond donors (Lipinski definition) is 1. The second kappa shape index (κ2) is 5.32. The quantitative estimate of drug-likeness (QED) is 0.934. The number of alkyl halides is 1. The Morgan fingerprint density at radius 1 is 1.50 bits per heavy atom. The van der Waals surface area contributed by atoms with Gasteiger partial charge in [-0.25, -0.2) is 9.18 Å². The van der Waals surface area contributed by atoms with Crippen molar-refractivity contribution in [2.24, 2.45) is 7.05 Å². The van der Waals surface area contributed by atoms with Crippen LogP contribution in [0.4, 0.5) is 4.39 Å². The number of nitrogens with zero attached hydrogens (tertiary/aromatic N) is 2. The number of carboxylic acid groups (broad SMARTS) is 1. The van der Waals surface area contributed by atoms with E-state index in [1.54, 1.807) is 25.2 Å². The van der Waals surface area contributed by atoms with Crippen molar-refractivity contribution in [1.82, 2.24) is 9.78 Å². The molecule has 0 saturated carbocycles. The predicted molar refractivity (Wildman–Crippen MR) is 71.7 cm³/mol. The Kier molecular flexibility index (Phi) is 3.74. The Labute approximate surface area is 115 Å². The molecule has 0 spiro atoms. The molecule has 1 atom stereocenters. The third-order valence-corrected chi connectivity index (χ3v) is 3.06. The van der Waals surface area contributed by atoms with Crippen molar-refractivity contribution in [1.29, 1.82) is 0 Å². The van der Waals surface area contributed by atoms with Crippen LogP contribution in [0.3, 0.4) is 0 Å². The zero-order valence-electron chi connectivity index (χ0n) is 11.4. The number of aromatic carboxylic acids is 1. The molecule has 106 valence electrons. The van der Waals surface area contributed by atoms with E-state index in [1.165, 1.54) is 24.8 Å². The summed E-state index contributed by atoms with van der Waals surface area (Å²) < 4.78 is 20.5. The van der Waals surface area contributed by atoms with E-state index in [2.05, 4.69) is 5.10 Å². The lowest BCUT2D eigenvalue weighted by Gasteiger charge is -2.14. The number of halogens is 1. The fraction of sp³-hybridized carbons (Fsp3) is 0.286. The van der Waals surface area contributed by atoms with E-state index < -0.39 is 12.1 Å². The molecule has 6 heteroatoms. The van der Waals surface area contributed by atoms with Gasteiger partial charge >= 0.3 is 5.97 Å². The molecule has 2 aromatic rings. The highest BCUT2D eigenvalue weighted by Gasteiger charge is 2.21. The normalized spacial score (nSPS) is 12.2. The summed E-state index contributed by atoms with van der Waals surface area (Å²) in [5.74, 6) is -0.650. The Bertz CT molecular complexity index is 650. The highest BCUT2D eigenvalue weighted by atomic mass is 19.1. The molecule has 1 aromatic carbocycles. The average molecular weight is 278 g/mol. The van der Waals surface area contributed by atoms with Gasteiger partial charge in [-0.2, -0.15) is 5.10 Å². The number of benzene rings is 1. The highest BCUT2D eigenvalue weighted by Crippen LogP contribution is 2.37. The largest absolute Gasteiger partial charge is 0.496 e. The van der Waals surface area contributed by atoms with Crippen molar-refractivity contribution in [2.45, 2.75) is 13.1 Å². The van der Waals surface area contributed by atoms with Crippen LogP contribution in [0.15, 0.2) is 24.3 Å². The smallest absolute Gasteiger partial charge is 0.356 e. The number of carboxylic acids is 1. The van der Waals surface area contributed by atoms with Crippen LogP contribution in [-0.4, -0.2) is 28.0 Å². The number of aromatic nitrogens is 2. The highest BCUT2D eigenvalue weighted by molar-refractivity contribution is 5.87. The van der Waals surface area contributed by atoms with Gasteiger partial charge in [0, 0.05) is 12.6 Å². The van der Waals surface area contributed by atoms with Crippen LogP contribution in [0.1, 0.15) is 29.1 Å². The second-order valence-corrected chi connectivity index (χ2v) is 4.38. The van der Waals surface area contributed by atoms with Gasteiger partial charge in [-0.15, -0.1) is 0 Å². The Hall–Kier alpha value is -2.37. The van der Waals surface area contributed by atoms with Crippen LogP contribution in [0.25, 0.3) is 11.3 Å². The van der Waals surface area contributed by atoms with Gasteiger partial charge < -0.3 is 9.84 Å². The number of hydrogen-bond acceptors (Lipinski definition) is 3. The minimum Gasteiger partial charge on any atom is -0.496 e. The third kappa shape index (κ3) is 2.36. The molecule has 0 aliphatic rings. The van der Waals surface area contributed by atoms with Crippen LogP contribution in [0.5, 0.6) is 5.75 Å². The predicted octanol–water partition coefficient (Wildman–Crippen LogP) is 2.82. The Morgan fingerprint density at radius 3 is 2.70 bits per heavy atom. The van der Waals surface area contributed by atoms with Crippen molar-refractivity contribution in [2.75, 3.05) is 7.11 Å². The third-order valence-electron chi connectivity index (χ3n) is 3.06. The van der Waals surface area contributed by atoms with Crippen LogP contribution >= 0.6 is 0 Å². The van der Waals surface area contributed by atoms with Crippen molar-refractivity contribution in [3.63, 3.8) is 0 Å². The number of rotatable bonds is 4. The van der Waals surface area contributed by atoms with Crippen LogP contribution < -0.4 is 4.74 Å². The van der Waals surface area contributed by atoms with Crippen molar-refractivity contribution in [3.05, 3.63) is 35.5 Å². The van der Waals surface area contributed by atoms with Gasteiger partial charge in [0.05, 0.1) is 12.8 Å². The molecular formula is C14H15FN2O3. The standard InChI is InChI=1S/C14H15FN2O3/c1-8(15)9-5-4-6-12(20-3)13(9)11-7-10(14(18)19)16-17(11)2/h4-8H,1-3H3,(H,18,19). The van der Waals surface area contributed by atoms with Crippen LogP contribution in [0.2, 0.25) is 0 Å². The molecule has 0 aliphatic heterocycles. The fourth-order valence-corrected chi connectivity index (χ4v) is 2.13. The second-order valence-electron chi connectivity index (χ2n) is 4.38. The first kappa shape index (κ1) is 14.0. The van der Waals surface area contributed by atoms with Crippen molar-refractivity contribution in [3.8, 4) is 17.0 Å². The molecule has 0 fully saturated rings. The van der Waals surface area contributed by atoms with Crippen LogP contribution in [-0.2, 0) is 7.05 Å². The van der Waals surface area contributed by atoms with E-state index in [0.29, 0.717) is 22.6 Å². The first-order chi connectivity index (χ1) is 9.45. The SMILES string of the molecule is COc1cccc(C(C)F)c1-c1cc(C(=O)O)nn1C. The maximum absolute atomic E-state index is 13.8. The van der Waals surface area contributed by atoms with E-state index in [-0.39, 0.29) is 5.69 Å². The molecule has 5 nitrogen and oxygen atoms in total. The lowest BCUT2D eigenvalue weighted by Crippen LogP contribution is -2.01. The molecule has 1 heterocycles. The van der Waals surface area contributed by atoms with Crippen LogP contribution in [0, 0.1) is 0 Å². The summed E-state index contributed by atoms with van der Waals surface area (Å²) in [4.78, 5) is 11.0. The number of aryl methyl sites for hydroxylation is 1. The first-order valence-electron chi connectivity index (χ1n) is 6.04. The average Bonchev–Trinajstić information content (AvgIpc) is 2.79.